The van der Waals surface area contributed by atoms with Gasteiger partial charge in [-0.25, -0.2) is 4.79 Å². The van der Waals surface area contributed by atoms with Crippen LogP contribution >= 0.6 is 12.2 Å². The molecule has 1 aromatic heterocycles. The Bertz CT molecular complexity index is 842. The molecule has 1 fully saturated rings. The molecule has 1 aliphatic rings. The van der Waals surface area contributed by atoms with Gasteiger partial charge in [0.2, 0.25) is 0 Å². The van der Waals surface area contributed by atoms with Crippen molar-refractivity contribution in [3.63, 3.8) is 0 Å². The normalized spacial score (nSPS) is 16.2. The minimum atomic E-state index is -0.671. The molecule has 1 aromatic rings. The van der Waals surface area contributed by atoms with Gasteiger partial charge in [-0.15, -0.1) is 6.58 Å². The quantitative estimate of drug-likeness (QED) is 0.355. The molecule has 0 aliphatic carbocycles. The first-order chi connectivity index (χ1) is 12.6. The molecule has 2 rings (SSSR count). The van der Waals surface area contributed by atoms with Crippen molar-refractivity contribution in [3.05, 3.63) is 42.3 Å². The monoisotopic (exact) mass is 388 g/mol. The van der Waals surface area contributed by atoms with Crippen LogP contribution in [0.5, 0.6) is 0 Å². The van der Waals surface area contributed by atoms with Gasteiger partial charge in [-0.1, -0.05) is 6.08 Å². The smallest absolute Gasteiger partial charge is 0.412 e. The Kier molecular flexibility index (Phi) is 6.06. The van der Waals surface area contributed by atoms with Crippen LogP contribution in [0.1, 0.15) is 26.3 Å². The number of aromatic nitrogens is 1. The van der Waals surface area contributed by atoms with E-state index in [1.165, 1.54) is 35.5 Å². The Morgan fingerprint density at radius 3 is 2.78 bits per heavy atom. The Morgan fingerprint density at radius 1 is 1.44 bits per heavy atom. The van der Waals surface area contributed by atoms with Gasteiger partial charge in [-0.05, 0) is 45.1 Å². The molecule has 2 heterocycles. The fourth-order valence-corrected chi connectivity index (χ4v) is 2.44. The summed E-state index contributed by atoms with van der Waals surface area (Å²) in [5.74, 6) is -1.19. The number of carbonyl (C=O) groups excluding carboxylic acids is 3. The average Bonchev–Trinajstić information content (AvgIpc) is 2.55. The van der Waals surface area contributed by atoms with Crippen molar-refractivity contribution >= 4 is 47.0 Å². The molecule has 2 N–H and O–H groups in total. The molecule has 0 bridgehead atoms. The van der Waals surface area contributed by atoms with Crippen LogP contribution in [0.4, 0.5) is 10.5 Å². The molecule has 27 heavy (non-hydrogen) atoms. The lowest BCUT2D eigenvalue weighted by atomic mass is 10.1. The van der Waals surface area contributed by atoms with Gasteiger partial charge < -0.3 is 4.74 Å². The molecule has 0 radical (unpaired) electrons. The van der Waals surface area contributed by atoms with Crippen LogP contribution in [0.25, 0.3) is 6.08 Å². The summed E-state index contributed by atoms with van der Waals surface area (Å²) < 4.78 is 5.22. The Hall–Kier alpha value is -3.07. The molecule has 9 heteroatoms. The zero-order valence-electron chi connectivity index (χ0n) is 15.2. The van der Waals surface area contributed by atoms with Crippen molar-refractivity contribution in [2.45, 2.75) is 26.4 Å². The topological polar surface area (TPSA) is 101 Å². The first kappa shape index (κ1) is 20.2. The van der Waals surface area contributed by atoms with E-state index in [0.717, 1.165) is 0 Å². The number of pyridine rings is 1. The van der Waals surface area contributed by atoms with Crippen molar-refractivity contribution in [3.8, 4) is 0 Å². The fraction of sp³-hybridized carbons (Fsp3) is 0.278. The van der Waals surface area contributed by atoms with E-state index in [1.54, 1.807) is 20.8 Å². The molecule has 0 spiro atoms. The standard InChI is InChI=1S/C18H20N4O4S/c1-5-8-22-15(24)12(14(23)21-16(22)27)9-11-10-19-7-6-13(11)20-17(25)26-18(2,3)4/h5-7,9-10H,1,8H2,2-4H3,(H,19,20,25)(H,21,23,27). The van der Waals surface area contributed by atoms with E-state index in [2.05, 4.69) is 22.2 Å². The van der Waals surface area contributed by atoms with Gasteiger partial charge in [0.15, 0.2) is 5.11 Å². The zero-order valence-corrected chi connectivity index (χ0v) is 16.1. The van der Waals surface area contributed by atoms with Crippen molar-refractivity contribution in [1.29, 1.82) is 0 Å². The summed E-state index contributed by atoms with van der Waals surface area (Å²) in [5.41, 5.74) is -0.0924. The van der Waals surface area contributed by atoms with Crippen molar-refractivity contribution < 1.29 is 19.1 Å². The van der Waals surface area contributed by atoms with E-state index in [9.17, 15) is 14.4 Å². The van der Waals surface area contributed by atoms with Gasteiger partial charge in [0, 0.05) is 24.5 Å². The Labute approximate surface area is 162 Å². The second kappa shape index (κ2) is 8.09. The number of rotatable bonds is 4. The van der Waals surface area contributed by atoms with E-state index < -0.39 is 23.5 Å². The summed E-state index contributed by atoms with van der Waals surface area (Å²) in [6.45, 7) is 8.95. The van der Waals surface area contributed by atoms with Crippen LogP contribution in [0.3, 0.4) is 0 Å². The van der Waals surface area contributed by atoms with E-state index in [0.29, 0.717) is 11.3 Å². The summed E-state index contributed by atoms with van der Waals surface area (Å²) in [6, 6.07) is 1.54. The maximum atomic E-state index is 12.6. The van der Waals surface area contributed by atoms with Gasteiger partial charge in [0.05, 0.1) is 5.69 Å². The van der Waals surface area contributed by atoms with Crippen LogP contribution in [0, 0.1) is 0 Å². The highest BCUT2D eigenvalue weighted by Crippen LogP contribution is 2.21. The van der Waals surface area contributed by atoms with Gasteiger partial charge in [-0.2, -0.15) is 0 Å². The van der Waals surface area contributed by atoms with Crippen LogP contribution in [-0.2, 0) is 14.3 Å². The lowest BCUT2D eigenvalue weighted by Crippen LogP contribution is -2.53. The van der Waals surface area contributed by atoms with E-state index >= 15 is 0 Å². The second-order valence-corrected chi connectivity index (χ2v) is 7.00. The second-order valence-electron chi connectivity index (χ2n) is 6.61. The van der Waals surface area contributed by atoms with E-state index in [-0.39, 0.29) is 17.2 Å². The SMILES string of the molecule is C=CCN1C(=O)C(=Cc2cnccc2NC(=O)OC(C)(C)C)C(=O)NC1=S. The van der Waals surface area contributed by atoms with Gasteiger partial charge in [0.25, 0.3) is 11.8 Å². The van der Waals surface area contributed by atoms with Crippen molar-refractivity contribution in [2.75, 3.05) is 11.9 Å². The zero-order chi connectivity index (χ0) is 20.2. The molecule has 142 valence electrons. The number of carbonyl (C=O) groups is 3. The van der Waals surface area contributed by atoms with Gasteiger partial charge >= 0.3 is 6.09 Å². The number of hydrogen-bond donors (Lipinski definition) is 2. The third-order valence-electron chi connectivity index (χ3n) is 3.28. The largest absolute Gasteiger partial charge is 0.444 e. The van der Waals surface area contributed by atoms with Crippen LogP contribution < -0.4 is 10.6 Å². The molecule has 3 amide bonds. The van der Waals surface area contributed by atoms with Gasteiger partial charge in [0.1, 0.15) is 11.2 Å². The number of ether oxygens (including phenoxy) is 1. The number of nitrogens with zero attached hydrogens (tertiary/aromatic N) is 2. The van der Waals surface area contributed by atoms with E-state index in [4.69, 9.17) is 17.0 Å². The molecule has 1 saturated heterocycles. The first-order valence-corrected chi connectivity index (χ1v) is 8.47. The highest BCUT2D eigenvalue weighted by molar-refractivity contribution is 7.80. The Morgan fingerprint density at radius 2 is 2.15 bits per heavy atom. The van der Waals surface area contributed by atoms with Crippen LogP contribution in [0.2, 0.25) is 0 Å². The fourth-order valence-electron chi connectivity index (χ4n) is 2.19. The third-order valence-corrected chi connectivity index (χ3v) is 3.61. The predicted octanol–water partition coefficient (Wildman–Crippen LogP) is 2.24. The van der Waals surface area contributed by atoms with Crippen molar-refractivity contribution in [2.24, 2.45) is 0 Å². The highest BCUT2D eigenvalue weighted by atomic mass is 32.1. The molecule has 1 aliphatic heterocycles. The molecule has 8 nitrogen and oxygen atoms in total. The lowest BCUT2D eigenvalue weighted by Gasteiger charge is -2.27. The van der Waals surface area contributed by atoms with Gasteiger partial charge in [-0.3, -0.25) is 30.1 Å². The average molecular weight is 388 g/mol. The minimum absolute atomic E-state index is 0.0142. The highest BCUT2D eigenvalue weighted by Gasteiger charge is 2.32. The summed E-state index contributed by atoms with van der Waals surface area (Å²) in [5, 5.41) is 5.06. The van der Waals surface area contributed by atoms with Crippen LogP contribution in [-0.4, -0.2) is 45.0 Å². The number of hydrogen-bond acceptors (Lipinski definition) is 6. The number of anilines is 1. The summed E-state index contributed by atoms with van der Waals surface area (Å²) in [6.07, 6.45) is 5.07. The number of amides is 3. The summed E-state index contributed by atoms with van der Waals surface area (Å²) in [4.78, 5) is 42.0. The maximum absolute atomic E-state index is 12.6. The molecule has 0 saturated carbocycles. The molecular weight excluding hydrogens is 368 g/mol. The number of thiocarbonyl (C=S) groups is 1. The minimum Gasteiger partial charge on any atom is -0.444 e. The maximum Gasteiger partial charge on any atom is 0.412 e. The Balaban J connectivity index is 2.34. The van der Waals surface area contributed by atoms with Crippen LogP contribution in [0.15, 0.2) is 36.7 Å². The first-order valence-electron chi connectivity index (χ1n) is 8.06. The number of nitrogens with one attached hydrogen (secondary N) is 2. The predicted molar refractivity (Wildman–Crippen MR) is 105 cm³/mol. The molecule has 0 aromatic carbocycles. The molecule has 0 unspecified atom stereocenters. The lowest BCUT2D eigenvalue weighted by molar-refractivity contribution is -0.128. The van der Waals surface area contributed by atoms with Crippen molar-refractivity contribution in [1.82, 2.24) is 15.2 Å². The molecule has 0 atom stereocenters. The molecular formula is C18H20N4O4S. The summed E-state index contributed by atoms with van der Waals surface area (Å²) >= 11 is 5.01. The third kappa shape index (κ3) is 5.20. The summed E-state index contributed by atoms with van der Waals surface area (Å²) in [7, 11) is 0. The van der Waals surface area contributed by atoms with E-state index in [1.807, 2.05) is 0 Å².